The molecule has 0 bridgehead atoms. The predicted molar refractivity (Wildman–Crippen MR) is 74.2 cm³/mol. The summed E-state index contributed by atoms with van der Waals surface area (Å²) >= 11 is 0. The van der Waals surface area contributed by atoms with E-state index in [4.69, 9.17) is 10.2 Å². The van der Waals surface area contributed by atoms with Gasteiger partial charge in [0.05, 0.1) is 5.92 Å². The van der Waals surface area contributed by atoms with Gasteiger partial charge in [-0.25, -0.2) is 0 Å². The van der Waals surface area contributed by atoms with E-state index in [1.165, 1.54) is 0 Å². The van der Waals surface area contributed by atoms with Crippen LogP contribution in [-0.4, -0.2) is 28.8 Å². The molecule has 2 rings (SSSR count). The number of carboxylic acid groups (broad SMARTS) is 1. The molecule has 104 valence electrons. The number of nitrogens with one attached hydrogen (secondary N) is 1. The number of hydrogen-bond donors (Lipinski definition) is 3. The Hall–Kier alpha value is -1.55. The van der Waals surface area contributed by atoms with Gasteiger partial charge in [0.25, 0.3) is 0 Å². The Kier molecular flexibility index (Phi) is 4.80. The number of carboxylic acids is 1. The highest BCUT2D eigenvalue weighted by Crippen LogP contribution is 2.27. The van der Waals surface area contributed by atoms with Crippen LogP contribution in [0.3, 0.4) is 0 Å². The lowest BCUT2D eigenvalue weighted by Crippen LogP contribution is -2.30. The van der Waals surface area contributed by atoms with Crippen LogP contribution in [0.25, 0.3) is 0 Å². The van der Waals surface area contributed by atoms with E-state index in [2.05, 4.69) is 5.32 Å². The van der Waals surface area contributed by atoms with E-state index >= 15 is 0 Å². The fourth-order valence-corrected chi connectivity index (χ4v) is 2.68. The van der Waals surface area contributed by atoms with E-state index in [1.54, 1.807) is 0 Å². The Labute approximate surface area is 113 Å². The molecule has 1 aliphatic carbocycles. The van der Waals surface area contributed by atoms with Crippen LogP contribution in [0.4, 0.5) is 5.69 Å². The molecule has 0 amide bonds. The van der Waals surface area contributed by atoms with Crippen LogP contribution < -0.4 is 5.32 Å². The van der Waals surface area contributed by atoms with Crippen molar-refractivity contribution in [3.05, 3.63) is 29.8 Å². The average Bonchev–Trinajstić information content (AvgIpc) is 2.42. The quantitative estimate of drug-likeness (QED) is 0.762. The number of carbonyl (C=O) groups is 1. The summed E-state index contributed by atoms with van der Waals surface area (Å²) in [5.41, 5.74) is 2.14. The Morgan fingerprint density at radius 2 is 2.00 bits per heavy atom. The molecule has 0 aliphatic heterocycles. The topological polar surface area (TPSA) is 69.6 Å². The molecule has 0 spiro atoms. The second-order valence-electron chi connectivity index (χ2n) is 5.21. The van der Waals surface area contributed by atoms with Crippen LogP contribution in [0.2, 0.25) is 0 Å². The van der Waals surface area contributed by atoms with Gasteiger partial charge in [0.2, 0.25) is 0 Å². The Morgan fingerprint density at radius 3 is 2.63 bits per heavy atom. The lowest BCUT2D eigenvalue weighted by molar-refractivity contribution is -0.142. The predicted octanol–water partition coefficient (Wildman–Crippen LogP) is 2.28. The minimum absolute atomic E-state index is 0.162. The molecule has 0 saturated heterocycles. The van der Waals surface area contributed by atoms with Crippen LogP contribution in [0.5, 0.6) is 0 Å². The molecular formula is C15H21NO3. The van der Waals surface area contributed by atoms with Crippen LogP contribution in [0, 0.1) is 5.92 Å². The summed E-state index contributed by atoms with van der Waals surface area (Å²) in [5.74, 6) is -0.885. The molecule has 1 aromatic rings. The molecule has 1 aromatic carbocycles. The second kappa shape index (κ2) is 6.57. The molecule has 1 aliphatic rings. The number of anilines is 1. The van der Waals surface area contributed by atoms with E-state index in [0.29, 0.717) is 12.8 Å². The van der Waals surface area contributed by atoms with Gasteiger partial charge in [-0.2, -0.15) is 0 Å². The maximum atomic E-state index is 11.0. The van der Waals surface area contributed by atoms with Gasteiger partial charge in [0, 0.05) is 18.3 Å². The largest absolute Gasteiger partial charge is 0.481 e. The van der Waals surface area contributed by atoms with E-state index in [9.17, 15) is 4.79 Å². The van der Waals surface area contributed by atoms with Gasteiger partial charge in [-0.3, -0.25) is 4.79 Å². The first kappa shape index (κ1) is 13.9. The third-order valence-electron chi connectivity index (χ3n) is 3.75. The smallest absolute Gasteiger partial charge is 0.306 e. The lowest BCUT2D eigenvalue weighted by atomic mass is 9.85. The van der Waals surface area contributed by atoms with Gasteiger partial charge >= 0.3 is 5.97 Å². The zero-order valence-corrected chi connectivity index (χ0v) is 11.0. The van der Waals surface area contributed by atoms with Gasteiger partial charge in [0.1, 0.15) is 0 Å². The third kappa shape index (κ3) is 3.96. The van der Waals surface area contributed by atoms with Crippen molar-refractivity contribution in [3.8, 4) is 0 Å². The number of hydrogen-bond acceptors (Lipinski definition) is 3. The van der Waals surface area contributed by atoms with Gasteiger partial charge < -0.3 is 15.5 Å². The number of aliphatic hydroxyl groups is 1. The summed E-state index contributed by atoms with van der Waals surface area (Å²) in [4.78, 5) is 11.0. The number of aliphatic hydroxyl groups excluding tert-OH is 1. The fraction of sp³-hybridized carbons (Fsp3) is 0.533. The Bertz CT molecular complexity index is 416. The van der Waals surface area contributed by atoms with Crippen molar-refractivity contribution in [2.75, 3.05) is 11.9 Å². The Balaban J connectivity index is 1.91. The van der Waals surface area contributed by atoms with Crippen molar-refractivity contribution >= 4 is 11.7 Å². The van der Waals surface area contributed by atoms with Crippen LogP contribution in [-0.2, 0) is 11.2 Å². The molecule has 3 N–H and O–H groups in total. The molecule has 1 fully saturated rings. The molecule has 2 unspecified atom stereocenters. The molecule has 0 heterocycles. The molecule has 19 heavy (non-hydrogen) atoms. The maximum absolute atomic E-state index is 11.0. The highest BCUT2D eigenvalue weighted by Gasteiger charge is 2.26. The van der Waals surface area contributed by atoms with Crippen LogP contribution >= 0.6 is 0 Å². The first-order chi connectivity index (χ1) is 9.19. The van der Waals surface area contributed by atoms with Crippen molar-refractivity contribution in [2.24, 2.45) is 5.92 Å². The fourth-order valence-electron chi connectivity index (χ4n) is 2.68. The Morgan fingerprint density at radius 1 is 1.26 bits per heavy atom. The van der Waals surface area contributed by atoms with E-state index in [-0.39, 0.29) is 18.6 Å². The molecule has 4 nitrogen and oxygen atoms in total. The van der Waals surface area contributed by atoms with Crippen LogP contribution in [0.15, 0.2) is 24.3 Å². The van der Waals surface area contributed by atoms with Crippen molar-refractivity contribution in [1.82, 2.24) is 0 Å². The highest BCUT2D eigenvalue weighted by atomic mass is 16.4. The van der Waals surface area contributed by atoms with E-state index in [1.807, 2.05) is 24.3 Å². The van der Waals surface area contributed by atoms with Crippen molar-refractivity contribution < 1.29 is 15.0 Å². The first-order valence-corrected chi connectivity index (χ1v) is 6.88. The van der Waals surface area contributed by atoms with E-state index in [0.717, 1.165) is 30.5 Å². The summed E-state index contributed by atoms with van der Waals surface area (Å²) in [5, 5.41) is 21.3. The molecule has 0 radical (unpaired) electrons. The zero-order valence-electron chi connectivity index (χ0n) is 11.0. The summed E-state index contributed by atoms with van der Waals surface area (Å²) in [6.07, 6.45) is 4.17. The highest BCUT2D eigenvalue weighted by molar-refractivity contribution is 5.70. The molecule has 2 atom stereocenters. The standard InChI is InChI=1S/C15H21NO3/c17-9-8-11-4-6-13(7-5-11)16-14-3-1-2-12(10-14)15(18)19/h4-7,12,14,16-17H,1-3,8-10H2,(H,18,19). The molecule has 1 saturated carbocycles. The van der Waals surface area contributed by atoms with Crippen LogP contribution in [0.1, 0.15) is 31.2 Å². The summed E-state index contributed by atoms with van der Waals surface area (Å²) in [6.45, 7) is 0.162. The second-order valence-corrected chi connectivity index (χ2v) is 5.21. The van der Waals surface area contributed by atoms with Crippen molar-refractivity contribution in [2.45, 2.75) is 38.1 Å². The SMILES string of the molecule is O=C(O)C1CCCC(Nc2ccc(CCO)cc2)C1. The van der Waals surface area contributed by atoms with Crippen molar-refractivity contribution in [1.29, 1.82) is 0 Å². The van der Waals surface area contributed by atoms with Gasteiger partial charge in [-0.05, 0) is 43.4 Å². The minimum Gasteiger partial charge on any atom is -0.481 e. The van der Waals surface area contributed by atoms with Gasteiger partial charge in [-0.15, -0.1) is 0 Å². The lowest BCUT2D eigenvalue weighted by Gasteiger charge is -2.28. The van der Waals surface area contributed by atoms with E-state index < -0.39 is 5.97 Å². The number of benzene rings is 1. The monoisotopic (exact) mass is 263 g/mol. The van der Waals surface area contributed by atoms with Gasteiger partial charge in [-0.1, -0.05) is 18.6 Å². The summed E-state index contributed by atoms with van der Waals surface area (Å²) in [6, 6.07) is 8.23. The summed E-state index contributed by atoms with van der Waals surface area (Å²) in [7, 11) is 0. The normalized spacial score (nSPS) is 23.0. The van der Waals surface area contributed by atoms with Gasteiger partial charge in [0.15, 0.2) is 0 Å². The minimum atomic E-state index is -0.676. The molecule has 4 heteroatoms. The zero-order chi connectivity index (χ0) is 13.7. The number of aliphatic carboxylic acids is 1. The third-order valence-corrected chi connectivity index (χ3v) is 3.75. The van der Waals surface area contributed by atoms with Crippen molar-refractivity contribution in [3.63, 3.8) is 0 Å². The maximum Gasteiger partial charge on any atom is 0.306 e. The number of rotatable bonds is 5. The average molecular weight is 263 g/mol. The molecular weight excluding hydrogens is 242 g/mol. The summed E-state index contributed by atoms with van der Waals surface area (Å²) < 4.78 is 0. The molecule has 0 aromatic heterocycles. The first-order valence-electron chi connectivity index (χ1n) is 6.88.